The van der Waals surface area contributed by atoms with Gasteiger partial charge in [-0.1, -0.05) is 35.8 Å². The lowest BCUT2D eigenvalue weighted by Gasteiger charge is -2.10. The molecule has 1 N–H and O–H groups in total. The first-order valence-corrected chi connectivity index (χ1v) is 8.84. The number of benzene rings is 2. The van der Waals surface area contributed by atoms with Crippen LogP contribution in [0.15, 0.2) is 62.2 Å². The van der Waals surface area contributed by atoms with Crippen molar-refractivity contribution in [3.63, 3.8) is 0 Å². The molecule has 0 unspecified atom stereocenters. The number of hydrogen-bond acceptors (Lipinski definition) is 3. The van der Waals surface area contributed by atoms with Gasteiger partial charge in [0, 0.05) is 28.0 Å². The zero-order valence-electron chi connectivity index (χ0n) is 14.0. The van der Waals surface area contributed by atoms with Gasteiger partial charge in [-0.25, -0.2) is 4.79 Å². The molecule has 1 aromatic heterocycles. The smallest absolute Gasteiger partial charge is 0.336 e. The molecule has 128 valence electrons. The lowest BCUT2D eigenvalue weighted by atomic mass is 9.99. The molecule has 0 fully saturated rings. The fraction of sp³-hybridized carbons (Fsp3) is 0.200. The molecule has 1 heterocycles. The standard InChI is InChI=1S/C20H18BrNO3/c1-12(2)14-5-8-18-17(9-14)15(10-19(23)25-18)11-22-20(24)13-3-6-16(21)7-4-13/h3-10,12H,11H2,1-2H3,(H,22,24). The third-order valence-corrected chi connectivity index (χ3v) is 4.59. The molecule has 1 amide bonds. The number of halogens is 1. The van der Waals surface area contributed by atoms with Crippen molar-refractivity contribution in [3.8, 4) is 0 Å². The maximum atomic E-state index is 12.3. The number of hydrogen-bond donors (Lipinski definition) is 1. The monoisotopic (exact) mass is 399 g/mol. The van der Waals surface area contributed by atoms with Crippen molar-refractivity contribution in [2.75, 3.05) is 0 Å². The summed E-state index contributed by atoms with van der Waals surface area (Å²) in [4.78, 5) is 24.1. The van der Waals surface area contributed by atoms with E-state index in [2.05, 4.69) is 35.1 Å². The number of rotatable bonds is 4. The van der Waals surface area contributed by atoms with Gasteiger partial charge in [-0.05, 0) is 53.4 Å². The fourth-order valence-corrected chi connectivity index (χ4v) is 2.89. The summed E-state index contributed by atoms with van der Waals surface area (Å²) in [6, 6.07) is 14.3. The zero-order chi connectivity index (χ0) is 18.0. The van der Waals surface area contributed by atoms with Gasteiger partial charge in [-0.3, -0.25) is 4.79 Å². The summed E-state index contributed by atoms with van der Waals surface area (Å²) in [6.07, 6.45) is 0. The third-order valence-electron chi connectivity index (χ3n) is 4.06. The number of amides is 1. The van der Waals surface area contributed by atoms with Crippen molar-refractivity contribution < 1.29 is 9.21 Å². The lowest BCUT2D eigenvalue weighted by molar-refractivity contribution is 0.0951. The highest BCUT2D eigenvalue weighted by atomic mass is 79.9. The minimum absolute atomic E-state index is 0.186. The van der Waals surface area contributed by atoms with Crippen molar-refractivity contribution in [1.82, 2.24) is 5.32 Å². The van der Waals surface area contributed by atoms with E-state index in [0.717, 1.165) is 21.0 Å². The molecule has 0 aliphatic heterocycles. The summed E-state index contributed by atoms with van der Waals surface area (Å²) in [5, 5.41) is 3.72. The zero-order valence-corrected chi connectivity index (χ0v) is 15.6. The summed E-state index contributed by atoms with van der Waals surface area (Å²) in [6.45, 7) is 4.48. The fourth-order valence-electron chi connectivity index (χ4n) is 2.63. The summed E-state index contributed by atoms with van der Waals surface area (Å²) in [7, 11) is 0. The Hall–Kier alpha value is -2.40. The molecule has 0 radical (unpaired) electrons. The highest BCUT2D eigenvalue weighted by molar-refractivity contribution is 9.10. The molecular weight excluding hydrogens is 382 g/mol. The highest BCUT2D eigenvalue weighted by Gasteiger charge is 2.10. The molecule has 25 heavy (non-hydrogen) atoms. The van der Waals surface area contributed by atoms with Crippen LogP contribution < -0.4 is 10.9 Å². The van der Waals surface area contributed by atoms with Crippen molar-refractivity contribution in [2.24, 2.45) is 0 Å². The van der Waals surface area contributed by atoms with Crippen LogP contribution in [-0.4, -0.2) is 5.91 Å². The number of carbonyl (C=O) groups is 1. The van der Waals surface area contributed by atoms with Gasteiger partial charge in [0.2, 0.25) is 0 Å². The normalized spacial score (nSPS) is 11.0. The van der Waals surface area contributed by atoms with Crippen LogP contribution in [0.2, 0.25) is 0 Å². The average molecular weight is 400 g/mol. The average Bonchev–Trinajstić information content (AvgIpc) is 2.59. The summed E-state index contributed by atoms with van der Waals surface area (Å²) >= 11 is 3.35. The first kappa shape index (κ1) is 17.4. The van der Waals surface area contributed by atoms with Crippen LogP contribution in [0.3, 0.4) is 0 Å². The topological polar surface area (TPSA) is 59.3 Å². The van der Waals surface area contributed by atoms with Crippen molar-refractivity contribution in [2.45, 2.75) is 26.3 Å². The Bertz CT molecular complexity index is 974. The van der Waals surface area contributed by atoms with E-state index in [-0.39, 0.29) is 12.5 Å². The summed E-state index contributed by atoms with van der Waals surface area (Å²) in [5.74, 6) is 0.176. The van der Waals surface area contributed by atoms with Crippen molar-refractivity contribution in [1.29, 1.82) is 0 Å². The number of fused-ring (bicyclic) bond motifs is 1. The maximum Gasteiger partial charge on any atom is 0.336 e. The van der Waals surface area contributed by atoms with E-state index in [4.69, 9.17) is 4.42 Å². The SMILES string of the molecule is CC(C)c1ccc2oc(=O)cc(CNC(=O)c3ccc(Br)cc3)c2c1. The van der Waals surface area contributed by atoms with Crippen molar-refractivity contribution >= 4 is 32.8 Å². The van der Waals surface area contributed by atoms with Crippen LogP contribution in [-0.2, 0) is 6.54 Å². The molecule has 4 nitrogen and oxygen atoms in total. The minimum Gasteiger partial charge on any atom is -0.423 e. The Morgan fingerprint density at radius 3 is 2.52 bits per heavy atom. The number of carbonyl (C=O) groups excluding carboxylic acids is 1. The quantitative estimate of drug-likeness (QED) is 0.651. The molecule has 5 heteroatoms. The van der Waals surface area contributed by atoms with E-state index in [1.165, 1.54) is 6.07 Å². The van der Waals surface area contributed by atoms with Gasteiger partial charge >= 0.3 is 5.63 Å². The van der Waals surface area contributed by atoms with Crippen LogP contribution in [0.5, 0.6) is 0 Å². The maximum absolute atomic E-state index is 12.3. The second kappa shape index (κ2) is 7.23. The highest BCUT2D eigenvalue weighted by Crippen LogP contribution is 2.23. The molecule has 0 saturated carbocycles. The summed E-state index contributed by atoms with van der Waals surface area (Å²) < 4.78 is 6.18. The van der Waals surface area contributed by atoms with E-state index < -0.39 is 5.63 Å². The predicted molar refractivity (Wildman–Crippen MR) is 102 cm³/mol. The molecule has 3 aromatic rings. The first-order chi connectivity index (χ1) is 11.9. The van der Waals surface area contributed by atoms with E-state index in [9.17, 15) is 9.59 Å². The summed E-state index contributed by atoms with van der Waals surface area (Å²) in [5.41, 5.74) is 2.59. The van der Waals surface area contributed by atoms with E-state index >= 15 is 0 Å². The molecule has 3 rings (SSSR count). The molecule has 0 bridgehead atoms. The van der Waals surface area contributed by atoms with Gasteiger partial charge < -0.3 is 9.73 Å². The van der Waals surface area contributed by atoms with E-state index in [1.807, 2.05) is 30.3 Å². The Labute approximate surface area is 154 Å². The third kappa shape index (κ3) is 3.99. The largest absolute Gasteiger partial charge is 0.423 e. The van der Waals surface area contributed by atoms with Gasteiger partial charge in [0.15, 0.2) is 0 Å². The second-order valence-corrected chi connectivity index (χ2v) is 7.11. The van der Waals surface area contributed by atoms with Crippen LogP contribution in [0.25, 0.3) is 11.0 Å². The van der Waals surface area contributed by atoms with Crippen LogP contribution in [0, 0.1) is 0 Å². The molecule has 0 spiro atoms. The lowest BCUT2D eigenvalue weighted by Crippen LogP contribution is -2.23. The Balaban J connectivity index is 1.89. The molecular formula is C20H18BrNO3. The molecule has 0 atom stereocenters. The Morgan fingerprint density at radius 2 is 1.84 bits per heavy atom. The first-order valence-electron chi connectivity index (χ1n) is 8.04. The predicted octanol–water partition coefficient (Wildman–Crippen LogP) is 4.61. The van der Waals surface area contributed by atoms with Crippen molar-refractivity contribution in [3.05, 3.63) is 80.1 Å². The van der Waals surface area contributed by atoms with Gasteiger partial charge in [0.1, 0.15) is 5.58 Å². The molecule has 2 aromatic carbocycles. The molecule has 0 aliphatic carbocycles. The van der Waals surface area contributed by atoms with Gasteiger partial charge in [-0.15, -0.1) is 0 Å². The second-order valence-electron chi connectivity index (χ2n) is 6.19. The van der Waals surface area contributed by atoms with Crippen LogP contribution in [0.1, 0.15) is 41.3 Å². The molecule has 0 saturated heterocycles. The van der Waals surface area contributed by atoms with E-state index in [0.29, 0.717) is 17.1 Å². The Kier molecular flexibility index (Phi) is 5.04. The Morgan fingerprint density at radius 1 is 1.12 bits per heavy atom. The van der Waals surface area contributed by atoms with Crippen LogP contribution >= 0.6 is 15.9 Å². The number of nitrogens with one attached hydrogen (secondary N) is 1. The van der Waals surface area contributed by atoms with Gasteiger partial charge in [0.05, 0.1) is 0 Å². The van der Waals surface area contributed by atoms with Crippen LogP contribution in [0.4, 0.5) is 0 Å². The van der Waals surface area contributed by atoms with Gasteiger partial charge in [0.25, 0.3) is 5.91 Å². The molecule has 0 aliphatic rings. The van der Waals surface area contributed by atoms with Gasteiger partial charge in [-0.2, -0.15) is 0 Å². The van der Waals surface area contributed by atoms with E-state index in [1.54, 1.807) is 12.1 Å². The minimum atomic E-state index is -0.419.